The van der Waals surface area contributed by atoms with Crippen molar-refractivity contribution in [2.24, 2.45) is 0 Å². The number of hydrogen-bond acceptors (Lipinski definition) is 2. The Balaban J connectivity index is 2.48. The molecule has 0 fully saturated rings. The van der Waals surface area contributed by atoms with Gasteiger partial charge in [0.25, 0.3) is 0 Å². The van der Waals surface area contributed by atoms with Crippen molar-refractivity contribution in [3.05, 3.63) is 11.8 Å². The molecule has 0 atom stereocenters. The third kappa shape index (κ3) is 0.838. The number of H-pyrrole nitrogens is 1. The molecule has 0 spiro atoms. The van der Waals surface area contributed by atoms with E-state index in [0.717, 1.165) is 5.56 Å². The van der Waals surface area contributed by atoms with E-state index in [-0.39, 0.29) is 0 Å². The van der Waals surface area contributed by atoms with Crippen LogP contribution in [0.1, 0.15) is 5.56 Å². The van der Waals surface area contributed by atoms with Crippen molar-refractivity contribution < 1.29 is 9.47 Å². The maximum absolute atomic E-state index is 5.29. The number of nitrogens with one attached hydrogen (secondary N) is 1. The highest BCUT2D eigenvalue weighted by Gasteiger charge is 2.16. The summed E-state index contributed by atoms with van der Waals surface area (Å²) in [5.41, 5.74) is 0.722. The van der Waals surface area contributed by atoms with E-state index in [2.05, 4.69) is 10.9 Å². The average Bonchev–Trinajstić information content (AvgIpc) is 2.47. The van der Waals surface area contributed by atoms with E-state index in [1.54, 1.807) is 6.20 Å². The lowest BCUT2D eigenvalue weighted by atomic mass is 10.3. The van der Waals surface area contributed by atoms with Gasteiger partial charge in [0.1, 0.15) is 13.2 Å². The topological polar surface area (TPSA) is 34.2 Å². The molecule has 0 amide bonds. The Morgan fingerprint density at radius 3 is 3.09 bits per heavy atom. The van der Waals surface area contributed by atoms with Gasteiger partial charge in [0.2, 0.25) is 5.88 Å². The molecule has 1 aliphatic heterocycles. The van der Waals surface area contributed by atoms with Crippen LogP contribution in [0.5, 0.6) is 11.6 Å². The lowest BCUT2D eigenvalue weighted by molar-refractivity contribution is 0.167. The number of terminal acetylenes is 1. The van der Waals surface area contributed by atoms with Crippen molar-refractivity contribution in [2.45, 2.75) is 0 Å². The van der Waals surface area contributed by atoms with Crippen LogP contribution < -0.4 is 9.47 Å². The predicted molar refractivity (Wildman–Crippen MR) is 39.7 cm³/mol. The van der Waals surface area contributed by atoms with Crippen LogP contribution in [0, 0.1) is 12.3 Å². The Hall–Kier alpha value is -1.56. The summed E-state index contributed by atoms with van der Waals surface area (Å²) in [5.74, 6) is 3.81. The molecule has 0 saturated carbocycles. The average molecular weight is 149 g/mol. The molecule has 56 valence electrons. The van der Waals surface area contributed by atoms with Crippen LogP contribution in [0.2, 0.25) is 0 Å². The first-order chi connectivity index (χ1) is 5.42. The minimum atomic E-state index is 0.569. The number of fused-ring (bicyclic) bond motifs is 1. The SMILES string of the molecule is C#Cc1c[nH]c2c1OCCO2. The van der Waals surface area contributed by atoms with Crippen LogP contribution >= 0.6 is 0 Å². The highest BCUT2D eigenvalue weighted by molar-refractivity contribution is 5.51. The fourth-order valence-electron chi connectivity index (χ4n) is 1.04. The maximum atomic E-state index is 5.29. The molecule has 1 aliphatic rings. The summed E-state index contributed by atoms with van der Waals surface area (Å²) in [4.78, 5) is 2.89. The molecule has 11 heavy (non-hydrogen) atoms. The van der Waals surface area contributed by atoms with Crippen molar-refractivity contribution in [2.75, 3.05) is 13.2 Å². The minimum Gasteiger partial charge on any atom is -0.483 e. The van der Waals surface area contributed by atoms with Crippen LogP contribution in [0.25, 0.3) is 0 Å². The lowest BCUT2D eigenvalue weighted by Gasteiger charge is -2.14. The molecule has 2 heterocycles. The normalized spacial score (nSPS) is 14.1. The zero-order valence-corrected chi connectivity index (χ0v) is 5.89. The number of rotatable bonds is 0. The van der Waals surface area contributed by atoms with Crippen molar-refractivity contribution in [3.63, 3.8) is 0 Å². The van der Waals surface area contributed by atoms with Crippen LogP contribution in [0.3, 0.4) is 0 Å². The van der Waals surface area contributed by atoms with Gasteiger partial charge in [-0.1, -0.05) is 5.92 Å². The van der Waals surface area contributed by atoms with Gasteiger partial charge in [-0.25, -0.2) is 0 Å². The first-order valence-corrected chi connectivity index (χ1v) is 3.35. The van der Waals surface area contributed by atoms with Crippen LogP contribution in [0.15, 0.2) is 6.20 Å². The Labute approximate surface area is 64.3 Å². The van der Waals surface area contributed by atoms with E-state index in [1.165, 1.54) is 0 Å². The second-order valence-corrected chi connectivity index (χ2v) is 2.20. The Morgan fingerprint density at radius 1 is 1.45 bits per heavy atom. The van der Waals surface area contributed by atoms with Gasteiger partial charge in [-0.3, -0.25) is 0 Å². The molecule has 0 unspecified atom stereocenters. The Bertz CT molecular complexity index is 308. The van der Waals surface area contributed by atoms with Gasteiger partial charge < -0.3 is 14.5 Å². The molecule has 3 heteroatoms. The molecule has 3 nitrogen and oxygen atoms in total. The quantitative estimate of drug-likeness (QED) is 0.553. The number of hydrogen-bond donors (Lipinski definition) is 1. The predicted octanol–water partition coefficient (Wildman–Crippen LogP) is 0.767. The monoisotopic (exact) mass is 149 g/mol. The van der Waals surface area contributed by atoms with Crippen LogP contribution in [-0.2, 0) is 0 Å². The van der Waals surface area contributed by atoms with Crippen molar-refractivity contribution in [1.82, 2.24) is 4.98 Å². The molecule has 1 N–H and O–H groups in total. The molecular formula is C8H7NO2. The first kappa shape index (κ1) is 6.17. The van der Waals surface area contributed by atoms with Crippen LogP contribution in [-0.4, -0.2) is 18.2 Å². The molecular weight excluding hydrogens is 142 g/mol. The molecule has 1 aromatic heterocycles. The first-order valence-electron chi connectivity index (χ1n) is 3.35. The minimum absolute atomic E-state index is 0.569. The molecule has 0 aromatic carbocycles. The molecule has 2 rings (SSSR count). The summed E-state index contributed by atoms with van der Waals surface area (Å²) in [7, 11) is 0. The third-order valence-corrected chi connectivity index (χ3v) is 1.53. The summed E-state index contributed by atoms with van der Waals surface area (Å²) >= 11 is 0. The molecule has 0 bridgehead atoms. The zero-order chi connectivity index (χ0) is 7.68. The smallest absolute Gasteiger partial charge is 0.236 e. The van der Waals surface area contributed by atoms with E-state index in [9.17, 15) is 0 Å². The van der Waals surface area contributed by atoms with E-state index >= 15 is 0 Å². The van der Waals surface area contributed by atoms with Gasteiger partial charge in [0, 0.05) is 6.20 Å². The number of aromatic nitrogens is 1. The van der Waals surface area contributed by atoms with Crippen molar-refractivity contribution in [1.29, 1.82) is 0 Å². The summed E-state index contributed by atoms with van der Waals surface area (Å²) < 4.78 is 10.5. The van der Waals surface area contributed by atoms with E-state index in [1.807, 2.05) is 0 Å². The Morgan fingerprint density at radius 2 is 2.27 bits per heavy atom. The van der Waals surface area contributed by atoms with Crippen molar-refractivity contribution >= 4 is 0 Å². The summed E-state index contributed by atoms with van der Waals surface area (Å²) in [6, 6.07) is 0. The van der Waals surface area contributed by atoms with Gasteiger partial charge in [0.15, 0.2) is 5.75 Å². The third-order valence-electron chi connectivity index (χ3n) is 1.53. The van der Waals surface area contributed by atoms with E-state index in [0.29, 0.717) is 24.8 Å². The fraction of sp³-hybridized carbons (Fsp3) is 0.250. The second-order valence-electron chi connectivity index (χ2n) is 2.20. The van der Waals surface area contributed by atoms with Gasteiger partial charge in [-0.15, -0.1) is 6.42 Å². The molecule has 0 saturated heterocycles. The van der Waals surface area contributed by atoms with Gasteiger partial charge in [0.05, 0.1) is 5.56 Å². The summed E-state index contributed by atoms with van der Waals surface area (Å²) in [5, 5.41) is 0. The lowest BCUT2D eigenvalue weighted by Crippen LogP contribution is -2.14. The Kier molecular flexibility index (Phi) is 1.26. The highest BCUT2D eigenvalue weighted by atomic mass is 16.6. The number of aromatic amines is 1. The summed E-state index contributed by atoms with van der Waals surface area (Å²) in [6.07, 6.45) is 6.92. The molecule has 0 aliphatic carbocycles. The zero-order valence-electron chi connectivity index (χ0n) is 5.89. The van der Waals surface area contributed by atoms with Crippen LogP contribution in [0.4, 0.5) is 0 Å². The largest absolute Gasteiger partial charge is 0.483 e. The molecule has 0 radical (unpaired) electrons. The molecule has 1 aromatic rings. The maximum Gasteiger partial charge on any atom is 0.236 e. The van der Waals surface area contributed by atoms with E-state index in [4.69, 9.17) is 15.9 Å². The second kappa shape index (κ2) is 2.24. The fourth-order valence-corrected chi connectivity index (χ4v) is 1.04. The van der Waals surface area contributed by atoms with Gasteiger partial charge >= 0.3 is 0 Å². The van der Waals surface area contributed by atoms with E-state index < -0.39 is 0 Å². The van der Waals surface area contributed by atoms with Gasteiger partial charge in [-0.2, -0.15) is 0 Å². The highest BCUT2D eigenvalue weighted by Crippen LogP contribution is 2.31. The van der Waals surface area contributed by atoms with Gasteiger partial charge in [-0.05, 0) is 0 Å². The summed E-state index contributed by atoms with van der Waals surface area (Å²) in [6.45, 7) is 1.15. The standard InChI is InChI=1S/C8H7NO2/c1-2-6-5-9-8-7(6)10-3-4-11-8/h1,5,9H,3-4H2. The number of ether oxygens (including phenoxy) is 2. The van der Waals surface area contributed by atoms with Crippen molar-refractivity contribution in [3.8, 4) is 24.0 Å².